The SMILES string of the molecule is COC(C)CC(O)CC1OCCc2ccccc21. The summed E-state index contributed by atoms with van der Waals surface area (Å²) >= 11 is 0. The third-order valence-corrected chi connectivity index (χ3v) is 3.58. The van der Waals surface area contributed by atoms with Gasteiger partial charge >= 0.3 is 0 Å². The Morgan fingerprint density at radius 3 is 3.00 bits per heavy atom. The molecule has 0 fully saturated rings. The molecule has 0 amide bonds. The van der Waals surface area contributed by atoms with Gasteiger partial charge in [0.05, 0.1) is 24.9 Å². The maximum absolute atomic E-state index is 10.1. The molecule has 1 aliphatic rings. The van der Waals surface area contributed by atoms with Crippen LogP contribution in [0.15, 0.2) is 24.3 Å². The molecule has 100 valence electrons. The van der Waals surface area contributed by atoms with Gasteiger partial charge in [0.1, 0.15) is 0 Å². The van der Waals surface area contributed by atoms with Crippen molar-refractivity contribution in [1.29, 1.82) is 0 Å². The fourth-order valence-electron chi connectivity index (χ4n) is 2.49. The number of methoxy groups -OCH3 is 1. The monoisotopic (exact) mass is 250 g/mol. The van der Waals surface area contributed by atoms with Crippen LogP contribution in [0.4, 0.5) is 0 Å². The number of hydrogen-bond donors (Lipinski definition) is 1. The molecule has 3 unspecified atom stereocenters. The molecule has 1 aliphatic heterocycles. The lowest BCUT2D eigenvalue weighted by molar-refractivity contribution is -0.0124. The zero-order valence-electron chi connectivity index (χ0n) is 11.1. The highest BCUT2D eigenvalue weighted by atomic mass is 16.5. The molecule has 18 heavy (non-hydrogen) atoms. The number of aliphatic hydroxyl groups is 1. The number of benzene rings is 1. The largest absolute Gasteiger partial charge is 0.393 e. The molecule has 0 saturated carbocycles. The third-order valence-electron chi connectivity index (χ3n) is 3.58. The molecule has 3 atom stereocenters. The second kappa shape index (κ2) is 6.32. The summed E-state index contributed by atoms with van der Waals surface area (Å²) in [7, 11) is 1.67. The Kier molecular flexibility index (Phi) is 4.75. The first-order valence-electron chi connectivity index (χ1n) is 6.61. The summed E-state index contributed by atoms with van der Waals surface area (Å²) in [5.74, 6) is 0. The van der Waals surface area contributed by atoms with E-state index in [0.717, 1.165) is 13.0 Å². The smallest absolute Gasteiger partial charge is 0.0852 e. The maximum atomic E-state index is 10.1. The molecule has 1 aromatic carbocycles. The van der Waals surface area contributed by atoms with E-state index >= 15 is 0 Å². The van der Waals surface area contributed by atoms with Crippen molar-refractivity contribution in [3.05, 3.63) is 35.4 Å². The van der Waals surface area contributed by atoms with Gasteiger partial charge in [0.15, 0.2) is 0 Å². The van der Waals surface area contributed by atoms with Gasteiger partial charge < -0.3 is 14.6 Å². The normalized spacial score (nSPS) is 22.3. The highest BCUT2D eigenvalue weighted by molar-refractivity contribution is 5.30. The highest BCUT2D eigenvalue weighted by Crippen LogP contribution is 2.31. The van der Waals surface area contributed by atoms with E-state index in [-0.39, 0.29) is 18.3 Å². The Hall–Kier alpha value is -0.900. The van der Waals surface area contributed by atoms with Crippen LogP contribution >= 0.6 is 0 Å². The van der Waals surface area contributed by atoms with Crippen LogP contribution in [0.5, 0.6) is 0 Å². The van der Waals surface area contributed by atoms with Crippen LogP contribution in [-0.4, -0.2) is 31.0 Å². The first kappa shape index (κ1) is 13.5. The van der Waals surface area contributed by atoms with E-state index in [1.165, 1.54) is 11.1 Å². The van der Waals surface area contributed by atoms with Gasteiger partial charge in [0.2, 0.25) is 0 Å². The summed E-state index contributed by atoms with van der Waals surface area (Å²) in [5, 5.41) is 10.1. The molecule has 0 saturated heterocycles. The summed E-state index contributed by atoms with van der Waals surface area (Å²) in [6, 6.07) is 8.34. The lowest BCUT2D eigenvalue weighted by Gasteiger charge is -2.28. The molecule has 0 aliphatic carbocycles. The van der Waals surface area contributed by atoms with Crippen LogP contribution in [0.1, 0.15) is 37.0 Å². The Morgan fingerprint density at radius 2 is 2.22 bits per heavy atom. The molecule has 1 aromatic rings. The summed E-state index contributed by atoms with van der Waals surface area (Å²) < 4.78 is 11.0. The number of rotatable bonds is 5. The fourth-order valence-corrected chi connectivity index (χ4v) is 2.49. The molecule has 1 N–H and O–H groups in total. The minimum absolute atomic E-state index is 0.0222. The molecule has 3 nitrogen and oxygen atoms in total. The average Bonchev–Trinajstić information content (AvgIpc) is 2.39. The minimum atomic E-state index is -0.379. The quantitative estimate of drug-likeness (QED) is 0.872. The van der Waals surface area contributed by atoms with E-state index < -0.39 is 0 Å². The molecule has 1 heterocycles. The van der Waals surface area contributed by atoms with Crippen LogP contribution in [0.2, 0.25) is 0 Å². The van der Waals surface area contributed by atoms with Crippen LogP contribution in [0.3, 0.4) is 0 Å². The first-order chi connectivity index (χ1) is 8.70. The van der Waals surface area contributed by atoms with Gasteiger partial charge in [-0.15, -0.1) is 0 Å². The lowest BCUT2D eigenvalue weighted by Crippen LogP contribution is -2.24. The Morgan fingerprint density at radius 1 is 1.44 bits per heavy atom. The summed E-state index contributed by atoms with van der Waals surface area (Å²) in [6.45, 7) is 2.72. The van der Waals surface area contributed by atoms with Crippen molar-refractivity contribution in [2.75, 3.05) is 13.7 Å². The van der Waals surface area contributed by atoms with E-state index in [1.54, 1.807) is 7.11 Å². The van der Waals surface area contributed by atoms with E-state index in [0.29, 0.717) is 12.8 Å². The van der Waals surface area contributed by atoms with E-state index in [2.05, 4.69) is 18.2 Å². The van der Waals surface area contributed by atoms with Crippen molar-refractivity contribution in [3.63, 3.8) is 0 Å². The van der Waals surface area contributed by atoms with Crippen LogP contribution in [0, 0.1) is 0 Å². The Bertz CT molecular complexity index is 378. The zero-order chi connectivity index (χ0) is 13.0. The lowest BCUT2D eigenvalue weighted by atomic mass is 9.93. The second-order valence-corrected chi connectivity index (χ2v) is 4.98. The number of ether oxygens (including phenoxy) is 2. The van der Waals surface area contributed by atoms with Crippen LogP contribution in [0.25, 0.3) is 0 Å². The Labute approximate surface area is 109 Å². The topological polar surface area (TPSA) is 38.7 Å². The second-order valence-electron chi connectivity index (χ2n) is 4.98. The molecule has 0 aromatic heterocycles. The standard InChI is InChI=1S/C15H22O3/c1-11(17-2)9-13(16)10-15-14-6-4-3-5-12(14)7-8-18-15/h3-6,11,13,15-16H,7-10H2,1-2H3. The molecular weight excluding hydrogens is 228 g/mol. The predicted molar refractivity (Wildman–Crippen MR) is 70.6 cm³/mol. The van der Waals surface area contributed by atoms with Gasteiger partial charge in [-0.1, -0.05) is 24.3 Å². The average molecular weight is 250 g/mol. The van der Waals surface area contributed by atoms with E-state index in [1.807, 2.05) is 13.0 Å². The molecule has 2 rings (SSSR count). The van der Waals surface area contributed by atoms with Crippen molar-refractivity contribution in [2.45, 2.75) is 44.5 Å². The summed E-state index contributed by atoms with van der Waals surface area (Å²) in [6.07, 6.45) is 1.99. The zero-order valence-corrected chi connectivity index (χ0v) is 11.1. The fraction of sp³-hybridized carbons (Fsp3) is 0.600. The van der Waals surface area contributed by atoms with Crippen molar-refractivity contribution >= 4 is 0 Å². The van der Waals surface area contributed by atoms with E-state index in [9.17, 15) is 5.11 Å². The van der Waals surface area contributed by atoms with Crippen molar-refractivity contribution in [3.8, 4) is 0 Å². The molecule has 3 heteroatoms. The minimum Gasteiger partial charge on any atom is -0.393 e. The third kappa shape index (κ3) is 3.31. The highest BCUT2D eigenvalue weighted by Gasteiger charge is 2.23. The maximum Gasteiger partial charge on any atom is 0.0852 e. The van der Waals surface area contributed by atoms with Gasteiger partial charge in [0.25, 0.3) is 0 Å². The first-order valence-corrected chi connectivity index (χ1v) is 6.61. The predicted octanol–water partition coefficient (Wildman–Crippen LogP) is 2.48. The van der Waals surface area contributed by atoms with Crippen molar-refractivity contribution < 1.29 is 14.6 Å². The number of aliphatic hydroxyl groups excluding tert-OH is 1. The molecular formula is C15H22O3. The van der Waals surface area contributed by atoms with Gasteiger partial charge in [-0.3, -0.25) is 0 Å². The van der Waals surface area contributed by atoms with Gasteiger partial charge in [-0.25, -0.2) is 0 Å². The summed E-state index contributed by atoms with van der Waals surface area (Å²) in [5.41, 5.74) is 2.58. The van der Waals surface area contributed by atoms with Gasteiger partial charge in [0, 0.05) is 13.5 Å². The molecule has 0 bridgehead atoms. The van der Waals surface area contributed by atoms with E-state index in [4.69, 9.17) is 9.47 Å². The van der Waals surface area contributed by atoms with Crippen molar-refractivity contribution in [2.24, 2.45) is 0 Å². The number of fused-ring (bicyclic) bond motifs is 1. The van der Waals surface area contributed by atoms with Crippen LogP contribution in [-0.2, 0) is 15.9 Å². The van der Waals surface area contributed by atoms with Gasteiger partial charge in [-0.2, -0.15) is 0 Å². The van der Waals surface area contributed by atoms with Crippen LogP contribution < -0.4 is 0 Å². The Balaban J connectivity index is 1.98. The molecule has 0 spiro atoms. The van der Waals surface area contributed by atoms with Crippen molar-refractivity contribution in [1.82, 2.24) is 0 Å². The molecule has 0 radical (unpaired) electrons. The number of hydrogen-bond acceptors (Lipinski definition) is 3. The summed E-state index contributed by atoms with van der Waals surface area (Å²) in [4.78, 5) is 0. The van der Waals surface area contributed by atoms with Gasteiger partial charge in [-0.05, 0) is 30.9 Å².